The molecule has 128 valence electrons. The van der Waals surface area contributed by atoms with Gasteiger partial charge in [-0.1, -0.05) is 18.2 Å². The molecule has 0 amide bonds. The third kappa shape index (κ3) is 5.67. The first-order valence-corrected chi connectivity index (χ1v) is 9.00. The molecule has 1 aromatic rings. The topological polar surface area (TPSA) is 35.5 Å². The zero-order chi connectivity index (χ0) is 16.7. The Balaban J connectivity index is 1.84. The van der Waals surface area contributed by atoms with Crippen LogP contribution in [0, 0.1) is 0 Å². The second-order valence-corrected chi connectivity index (χ2v) is 6.82. The first-order chi connectivity index (χ1) is 11.1. The number of unbranched alkanes of at least 4 members (excludes halogenated alkanes) is 1. The molecule has 0 saturated carbocycles. The summed E-state index contributed by atoms with van der Waals surface area (Å²) >= 11 is 0. The average molecular weight is 316 g/mol. The quantitative estimate of drug-likeness (QED) is 0.561. The van der Waals surface area contributed by atoms with E-state index in [-0.39, 0.29) is 6.10 Å². The van der Waals surface area contributed by atoms with Gasteiger partial charge in [-0.2, -0.15) is 0 Å². The Hall–Kier alpha value is -1.32. The van der Waals surface area contributed by atoms with Crippen molar-refractivity contribution in [1.29, 1.82) is 0 Å². The number of nitrogens with zero attached hydrogens (tertiary/aromatic N) is 1. The summed E-state index contributed by atoms with van der Waals surface area (Å²) in [4.78, 5) is 2.37. The lowest BCUT2D eigenvalue weighted by atomic mass is 10.0. The van der Waals surface area contributed by atoms with Crippen LogP contribution in [0.4, 0.5) is 5.69 Å². The van der Waals surface area contributed by atoms with Crippen molar-refractivity contribution < 1.29 is 5.11 Å². The lowest BCUT2D eigenvalue weighted by molar-refractivity contribution is 0.145. The average Bonchev–Trinajstić information content (AvgIpc) is 2.56. The number of aliphatic hydroxyl groups excluding tert-OH is 1. The highest BCUT2D eigenvalue weighted by Gasteiger charge is 2.17. The summed E-state index contributed by atoms with van der Waals surface area (Å²) in [5.74, 6) is 0. The van der Waals surface area contributed by atoms with E-state index < -0.39 is 0 Å². The summed E-state index contributed by atoms with van der Waals surface area (Å²) < 4.78 is 0. The third-order valence-corrected chi connectivity index (χ3v) is 4.80. The van der Waals surface area contributed by atoms with E-state index in [2.05, 4.69) is 54.9 Å². The van der Waals surface area contributed by atoms with Crippen LogP contribution >= 0.6 is 0 Å². The van der Waals surface area contributed by atoms with Gasteiger partial charge in [0.15, 0.2) is 0 Å². The molecule has 2 rings (SSSR count). The number of hydrogen-bond acceptors (Lipinski definition) is 3. The van der Waals surface area contributed by atoms with Crippen LogP contribution in [0.25, 0.3) is 0 Å². The van der Waals surface area contributed by atoms with Crippen LogP contribution in [-0.2, 0) is 0 Å². The van der Waals surface area contributed by atoms with E-state index in [1.54, 1.807) is 0 Å². The Morgan fingerprint density at radius 1 is 1.26 bits per heavy atom. The van der Waals surface area contributed by atoms with Gasteiger partial charge in [-0.15, -0.1) is 6.58 Å². The second-order valence-electron chi connectivity index (χ2n) is 6.82. The number of hydrogen-bond donors (Lipinski definition) is 2. The molecule has 0 aromatic heterocycles. The predicted molar refractivity (Wildman–Crippen MR) is 99.0 cm³/mol. The van der Waals surface area contributed by atoms with Crippen molar-refractivity contribution in [3.05, 3.63) is 42.5 Å². The monoisotopic (exact) mass is 316 g/mol. The van der Waals surface area contributed by atoms with Crippen LogP contribution in [0.1, 0.15) is 57.6 Å². The van der Waals surface area contributed by atoms with Gasteiger partial charge in [0.1, 0.15) is 0 Å². The van der Waals surface area contributed by atoms with Crippen LogP contribution in [0.15, 0.2) is 36.9 Å². The molecule has 1 heterocycles. The van der Waals surface area contributed by atoms with E-state index in [9.17, 15) is 5.11 Å². The van der Waals surface area contributed by atoms with E-state index in [1.807, 2.05) is 6.08 Å². The minimum atomic E-state index is -0.114. The molecule has 1 aliphatic rings. The molecule has 0 aliphatic carbocycles. The van der Waals surface area contributed by atoms with Crippen molar-refractivity contribution in [2.45, 2.75) is 64.1 Å². The van der Waals surface area contributed by atoms with Crippen molar-refractivity contribution in [2.24, 2.45) is 0 Å². The molecule has 1 fully saturated rings. The van der Waals surface area contributed by atoms with Crippen LogP contribution in [-0.4, -0.2) is 30.3 Å². The Labute approximate surface area is 141 Å². The fourth-order valence-electron chi connectivity index (χ4n) is 3.27. The summed E-state index contributed by atoms with van der Waals surface area (Å²) in [6.45, 7) is 10.2. The van der Waals surface area contributed by atoms with E-state index in [4.69, 9.17) is 0 Å². The van der Waals surface area contributed by atoms with Crippen LogP contribution < -0.4 is 10.2 Å². The number of aliphatic hydroxyl groups is 1. The van der Waals surface area contributed by atoms with E-state index >= 15 is 0 Å². The molecule has 0 radical (unpaired) electrons. The Morgan fingerprint density at radius 3 is 2.52 bits per heavy atom. The lowest BCUT2D eigenvalue weighted by Gasteiger charge is -2.31. The largest absolute Gasteiger partial charge is 0.393 e. The van der Waals surface area contributed by atoms with Gasteiger partial charge in [-0.3, -0.25) is 0 Å². The number of rotatable bonds is 8. The summed E-state index contributed by atoms with van der Waals surface area (Å²) in [7, 11) is 0. The maximum atomic E-state index is 9.61. The molecule has 0 spiro atoms. The highest BCUT2D eigenvalue weighted by Crippen LogP contribution is 2.23. The molecule has 2 atom stereocenters. The summed E-state index contributed by atoms with van der Waals surface area (Å²) in [5.41, 5.74) is 2.60. The minimum absolute atomic E-state index is 0.114. The summed E-state index contributed by atoms with van der Waals surface area (Å²) in [5, 5.41) is 13.3. The van der Waals surface area contributed by atoms with Crippen molar-refractivity contribution in [1.82, 2.24) is 5.32 Å². The van der Waals surface area contributed by atoms with Gasteiger partial charge in [0.05, 0.1) is 6.10 Å². The van der Waals surface area contributed by atoms with Gasteiger partial charge < -0.3 is 15.3 Å². The molecule has 2 N–H and O–H groups in total. The number of anilines is 1. The van der Waals surface area contributed by atoms with Gasteiger partial charge in [0, 0.05) is 30.9 Å². The molecule has 23 heavy (non-hydrogen) atoms. The molecule has 3 nitrogen and oxygen atoms in total. The Morgan fingerprint density at radius 2 is 1.91 bits per heavy atom. The van der Waals surface area contributed by atoms with Gasteiger partial charge in [0.25, 0.3) is 0 Å². The van der Waals surface area contributed by atoms with Crippen molar-refractivity contribution >= 4 is 5.69 Å². The molecular formula is C20H32N2O. The van der Waals surface area contributed by atoms with Crippen molar-refractivity contribution in [3.8, 4) is 0 Å². The van der Waals surface area contributed by atoms with Crippen molar-refractivity contribution in [3.63, 3.8) is 0 Å². The first kappa shape index (κ1) is 18.0. The number of nitrogens with one attached hydrogen (secondary N) is 1. The highest BCUT2D eigenvalue weighted by molar-refractivity contribution is 5.48. The predicted octanol–water partition coefficient (Wildman–Crippen LogP) is 4.04. The number of allylic oxidation sites excluding steroid dienone is 1. The third-order valence-electron chi connectivity index (χ3n) is 4.80. The zero-order valence-corrected chi connectivity index (χ0v) is 14.7. The van der Waals surface area contributed by atoms with Crippen LogP contribution in [0.3, 0.4) is 0 Å². The summed E-state index contributed by atoms with van der Waals surface area (Å²) in [6.07, 6.45) is 7.12. The molecule has 1 aromatic carbocycles. The van der Waals surface area contributed by atoms with E-state index in [1.165, 1.54) is 24.1 Å². The standard InChI is InChI=1S/C20H32N2O/c1-4-5-6-7-16(2)21-17(3)18-8-10-19(11-9-18)22-14-12-20(23)13-15-22/h4,8-11,16-17,20-21,23H,1,5-7,12-15H2,2-3H3. The smallest absolute Gasteiger partial charge is 0.0574 e. The second kappa shape index (κ2) is 9.09. The van der Waals surface area contributed by atoms with E-state index in [0.717, 1.165) is 32.4 Å². The van der Waals surface area contributed by atoms with Gasteiger partial charge >= 0.3 is 0 Å². The normalized spacial score (nSPS) is 18.7. The molecule has 3 heteroatoms. The van der Waals surface area contributed by atoms with Gasteiger partial charge in [-0.05, 0) is 63.6 Å². The van der Waals surface area contributed by atoms with E-state index in [0.29, 0.717) is 12.1 Å². The molecule has 1 saturated heterocycles. The lowest BCUT2D eigenvalue weighted by Crippen LogP contribution is -2.35. The molecular weight excluding hydrogens is 284 g/mol. The fourth-order valence-corrected chi connectivity index (χ4v) is 3.27. The first-order valence-electron chi connectivity index (χ1n) is 9.00. The number of piperidine rings is 1. The summed E-state index contributed by atoms with van der Waals surface area (Å²) in [6, 6.07) is 9.78. The van der Waals surface area contributed by atoms with Crippen molar-refractivity contribution in [2.75, 3.05) is 18.0 Å². The number of benzene rings is 1. The highest BCUT2D eigenvalue weighted by atomic mass is 16.3. The van der Waals surface area contributed by atoms with Gasteiger partial charge in [0.2, 0.25) is 0 Å². The SMILES string of the molecule is C=CCCCC(C)NC(C)c1ccc(N2CCC(O)CC2)cc1. The van der Waals surface area contributed by atoms with Crippen LogP contribution in [0.5, 0.6) is 0 Å². The minimum Gasteiger partial charge on any atom is -0.393 e. The van der Waals surface area contributed by atoms with Crippen LogP contribution in [0.2, 0.25) is 0 Å². The Bertz CT molecular complexity index is 463. The molecule has 1 aliphatic heterocycles. The Kier molecular flexibility index (Phi) is 7.13. The molecule has 2 unspecified atom stereocenters. The zero-order valence-electron chi connectivity index (χ0n) is 14.7. The molecule has 0 bridgehead atoms. The fraction of sp³-hybridized carbons (Fsp3) is 0.600. The van der Waals surface area contributed by atoms with Gasteiger partial charge in [-0.25, -0.2) is 0 Å². The maximum Gasteiger partial charge on any atom is 0.0574 e. The maximum absolute atomic E-state index is 9.61.